The summed E-state index contributed by atoms with van der Waals surface area (Å²) in [6, 6.07) is 20.4. The van der Waals surface area contributed by atoms with E-state index in [0.717, 1.165) is 40.2 Å². The lowest BCUT2D eigenvalue weighted by Crippen LogP contribution is -2.12. The summed E-state index contributed by atoms with van der Waals surface area (Å²) in [5, 5.41) is 2.96. The van der Waals surface area contributed by atoms with Gasteiger partial charge in [-0.25, -0.2) is 15.0 Å². The average molecular weight is 477 g/mol. The smallest absolute Gasteiger partial charge is 0.255 e. The van der Waals surface area contributed by atoms with Gasteiger partial charge in [-0.3, -0.25) is 4.79 Å². The third-order valence-electron chi connectivity index (χ3n) is 5.69. The Balaban J connectivity index is 1.34. The van der Waals surface area contributed by atoms with Crippen LogP contribution < -0.4 is 10.1 Å². The number of pyridine rings is 1. The highest BCUT2D eigenvalue weighted by Crippen LogP contribution is 2.33. The fourth-order valence-electron chi connectivity index (χ4n) is 3.80. The average Bonchev–Trinajstić information content (AvgIpc) is 3.46. The third-order valence-corrected chi connectivity index (χ3v) is 5.69. The number of rotatable bonds is 7. The monoisotopic (exact) mass is 476 g/mol. The quantitative estimate of drug-likeness (QED) is 0.281. The number of aryl methyl sites for hydroxylation is 2. The second-order valence-corrected chi connectivity index (χ2v) is 8.20. The lowest BCUT2D eigenvalue weighted by molar-refractivity contribution is 0.102. The predicted molar refractivity (Wildman–Crippen MR) is 138 cm³/mol. The van der Waals surface area contributed by atoms with Crippen molar-refractivity contribution < 1.29 is 13.9 Å². The van der Waals surface area contributed by atoms with E-state index < -0.39 is 0 Å². The van der Waals surface area contributed by atoms with Gasteiger partial charge in [0.1, 0.15) is 11.6 Å². The lowest BCUT2D eigenvalue weighted by Gasteiger charge is -2.13. The molecule has 5 rings (SSSR count). The number of ether oxygens (including phenoxy) is 1. The van der Waals surface area contributed by atoms with Gasteiger partial charge in [-0.2, -0.15) is 0 Å². The number of nitrogens with one attached hydrogen (secondary N) is 1. The summed E-state index contributed by atoms with van der Waals surface area (Å²) in [6.45, 7) is 3.94. The van der Waals surface area contributed by atoms with E-state index in [0.29, 0.717) is 22.9 Å². The molecular weight excluding hydrogens is 452 g/mol. The topological polar surface area (TPSA) is 90.1 Å². The summed E-state index contributed by atoms with van der Waals surface area (Å²) in [7, 11) is 0. The van der Waals surface area contributed by atoms with Crippen molar-refractivity contribution in [3.05, 3.63) is 109 Å². The maximum absolute atomic E-state index is 12.9. The predicted octanol–water partition coefficient (Wildman–Crippen LogP) is 6.71. The first-order chi connectivity index (χ1) is 17.6. The maximum Gasteiger partial charge on any atom is 0.255 e. The van der Waals surface area contributed by atoms with Crippen molar-refractivity contribution in [2.45, 2.75) is 20.3 Å². The first kappa shape index (κ1) is 23.0. The minimum atomic E-state index is -0.198. The van der Waals surface area contributed by atoms with Gasteiger partial charge in [-0.1, -0.05) is 19.1 Å². The number of anilines is 1. The van der Waals surface area contributed by atoms with Crippen molar-refractivity contribution in [2.24, 2.45) is 0 Å². The summed E-state index contributed by atoms with van der Waals surface area (Å²) in [5.74, 6) is 1.65. The molecule has 3 heterocycles. The molecule has 7 nitrogen and oxygen atoms in total. The molecule has 2 aromatic carbocycles. The van der Waals surface area contributed by atoms with E-state index in [1.807, 2.05) is 74.5 Å². The molecule has 0 unspecified atom stereocenters. The standard InChI is InChI=1S/C29H24N4O3/c1-3-27-30-14-11-25(33-27)24-8-5-13-31-29(24)36-26-10-9-23(16-19(26)2)32-28(34)21-7-4-6-20(17-21)22-12-15-35-18-22/h4-18H,3H2,1-2H3,(H,32,34). The number of nitrogens with zero attached hydrogens (tertiary/aromatic N) is 3. The van der Waals surface area contributed by atoms with Gasteiger partial charge in [0, 0.05) is 35.6 Å². The SMILES string of the molecule is CCc1nccc(-c2cccnc2Oc2ccc(NC(=O)c3cccc(-c4ccoc4)c3)cc2C)n1. The van der Waals surface area contributed by atoms with Gasteiger partial charge in [0.05, 0.1) is 23.8 Å². The molecule has 0 aliphatic heterocycles. The van der Waals surface area contributed by atoms with Crippen LogP contribution >= 0.6 is 0 Å². The van der Waals surface area contributed by atoms with Crippen LogP contribution in [0.1, 0.15) is 28.7 Å². The van der Waals surface area contributed by atoms with Crippen molar-refractivity contribution in [2.75, 3.05) is 5.32 Å². The van der Waals surface area contributed by atoms with E-state index >= 15 is 0 Å². The van der Waals surface area contributed by atoms with Crippen LogP contribution in [0.4, 0.5) is 5.69 Å². The van der Waals surface area contributed by atoms with E-state index in [4.69, 9.17) is 9.15 Å². The van der Waals surface area contributed by atoms with Crippen molar-refractivity contribution in [1.82, 2.24) is 15.0 Å². The van der Waals surface area contributed by atoms with Crippen molar-refractivity contribution >= 4 is 11.6 Å². The Morgan fingerprint density at radius 1 is 0.972 bits per heavy atom. The van der Waals surface area contributed by atoms with Crippen LogP contribution in [0.3, 0.4) is 0 Å². The molecule has 3 aromatic heterocycles. The van der Waals surface area contributed by atoms with Crippen LogP contribution in [0.15, 0.2) is 96.1 Å². The largest absolute Gasteiger partial charge is 0.472 e. The van der Waals surface area contributed by atoms with Gasteiger partial charge in [0.2, 0.25) is 5.88 Å². The normalized spacial score (nSPS) is 10.7. The van der Waals surface area contributed by atoms with Crippen molar-refractivity contribution in [3.8, 4) is 34.0 Å². The van der Waals surface area contributed by atoms with E-state index in [-0.39, 0.29) is 5.91 Å². The van der Waals surface area contributed by atoms with Gasteiger partial charge >= 0.3 is 0 Å². The fourth-order valence-corrected chi connectivity index (χ4v) is 3.80. The summed E-state index contributed by atoms with van der Waals surface area (Å²) in [5.41, 5.74) is 5.45. The van der Waals surface area contributed by atoms with Gasteiger partial charge in [0.15, 0.2) is 0 Å². The molecule has 0 saturated heterocycles. The molecule has 0 aliphatic rings. The van der Waals surface area contributed by atoms with Crippen LogP contribution in [-0.2, 0) is 6.42 Å². The van der Waals surface area contributed by atoms with Gasteiger partial charge in [-0.05, 0) is 72.6 Å². The van der Waals surface area contributed by atoms with Crippen molar-refractivity contribution in [1.29, 1.82) is 0 Å². The van der Waals surface area contributed by atoms with Gasteiger partial charge in [-0.15, -0.1) is 0 Å². The zero-order valence-corrected chi connectivity index (χ0v) is 19.9. The van der Waals surface area contributed by atoms with Crippen LogP contribution in [0, 0.1) is 6.92 Å². The highest BCUT2D eigenvalue weighted by atomic mass is 16.5. The first-order valence-corrected chi connectivity index (χ1v) is 11.6. The van der Waals surface area contributed by atoms with Crippen LogP contribution in [0.25, 0.3) is 22.4 Å². The second kappa shape index (κ2) is 10.2. The fraction of sp³-hybridized carbons (Fsp3) is 0.103. The Hall–Kier alpha value is -4.78. The molecule has 1 N–H and O–H groups in total. The number of benzene rings is 2. The molecule has 0 atom stereocenters. The number of carbonyl (C=O) groups excluding carboxylic acids is 1. The van der Waals surface area contributed by atoms with Gasteiger partial charge in [0.25, 0.3) is 5.91 Å². The molecule has 0 bridgehead atoms. The summed E-state index contributed by atoms with van der Waals surface area (Å²) in [6.07, 6.45) is 7.43. The molecule has 5 aromatic rings. The Labute approximate surface area is 208 Å². The van der Waals surface area contributed by atoms with Crippen LogP contribution in [-0.4, -0.2) is 20.9 Å². The van der Waals surface area contributed by atoms with Crippen molar-refractivity contribution in [3.63, 3.8) is 0 Å². The summed E-state index contributed by atoms with van der Waals surface area (Å²) in [4.78, 5) is 26.2. The number of carbonyl (C=O) groups is 1. The zero-order valence-electron chi connectivity index (χ0n) is 19.9. The summed E-state index contributed by atoms with van der Waals surface area (Å²) < 4.78 is 11.3. The second-order valence-electron chi connectivity index (χ2n) is 8.20. The number of hydrogen-bond acceptors (Lipinski definition) is 6. The van der Waals surface area contributed by atoms with Gasteiger partial charge < -0.3 is 14.5 Å². The Morgan fingerprint density at radius 2 is 1.89 bits per heavy atom. The maximum atomic E-state index is 12.9. The number of aromatic nitrogens is 3. The molecule has 178 valence electrons. The van der Waals surface area contributed by atoms with E-state index in [1.165, 1.54) is 0 Å². The molecule has 0 spiro atoms. The Morgan fingerprint density at radius 3 is 2.69 bits per heavy atom. The molecule has 0 aliphatic carbocycles. The van der Waals surface area contributed by atoms with E-state index in [2.05, 4.69) is 20.3 Å². The van der Waals surface area contributed by atoms with Crippen LogP contribution in [0.2, 0.25) is 0 Å². The van der Waals surface area contributed by atoms with E-state index in [1.54, 1.807) is 31.0 Å². The highest BCUT2D eigenvalue weighted by molar-refractivity contribution is 6.05. The third kappa shape index (κ3) is 5.00. The van der Waals surface area contributed by atoms with E-state index in [9.17, 15) is 4.79 Å². The molecule has 0 fully saturated rings. The molecule has 36 heavy (non-hydrogen) atoms. The molecular formula is C29H24N4O3. The number of amides is 1. The number of furan rings is 1. The molecule has 0 radical (unpaired) electrons. The minimum absolute atomic E-state index is 0.198. The number of hydrogen-bond donors (Lipinski definition) is 1. The Kier molecular flexibility index (Phi) is 6.53. The minimum Gasteiger partial charge on any atom is -0.472 e. The molecule has 1 amide bonds. The first-order valence-electron chi connectivity index (χ1n) is 11.6. The lowest BCUT2D eigenvalue weighted by atomic mass is 10.1. The Bertz CT molecular complexity index is 1510. The molecule has 0 saturated carbocycles. The molecule has 7 heteroatoms. The zero-order chi connectivity index (χ0) is 24.9. The summed E-state index contributed by atoms with van der Waals surface area (Å²) >= 11 is 0. The highest BCUT2D eigenvalue weighted by Gasteiger charge is 2.13. The van der Waals surface area contributed by atoms with Crippen LogP contribution in [0.5, 0.6) is 11.6 Å².